The first-order valence-electron chi connectivity index (χ1n) is 5.06. The highest BCUT2D eigenvalue weighted by molar-refractivity contribution is 7.98. The maximum atomic E-state index is 11.4. The van der Waals surface area contributed by atoms with Crippen molar-refractivity contribution in [1.82, 2.24) is 14.8 Å². The molecule has 0 saturated carbocycles. The van der Waals surface area contributed by atoms with E-state index in [0.717, 1.165) is 5.56 Å². The second-order valence-electron chi connectivity index (χ2n) is 3.46. The molecular formula is C10H12N4O3S. The zero-order valence-electron chi connectivity index (χ0n) is 9.91. The Bertz CT molecular complexity index is 563. The summed E-state index contributed by atoms with van der Waals surface area (Å²) < 4.78 is 11.4. The van der Waals surface area contributed by atoms with Crippen LogP contribution in [-0.4, -0.2) is 27.8 Å². The minimum absolute atomic E-state index is 0.208. The van der Waals surface area contributed by atoms with E-state index in [0.29, 0.717) is 16.9 Å². The van der Waals surface area contributed by atoms with Crippen LogP contribution >= 0.6 is 11.8 Å². The number of nitrogens with zero attached hydrogens (tertiary/aromatic N) is 3. The molecule has 2 heterocycles. The molecule has 0 bridgehead atoms. The van der Waals surface area contributed by atoms with Crippen LogP contribution in [0.1, 0.15) is 16.1 Å². The summed E-state index contributed by atoms with van der Waals surface area (Å²) in [6.45, 7) is 0. The number of carbonyl (C=O) groups is 1. The Labute approximate surface area is 107 Å². The molecular weight excluding hydrogens is 256 g/mol. The van der Waals surface area contributed by atoms with Gasteiger partial charge in [0.25, 0.3) is 0 Å². The molecule has 7 nitrogen and oxygen atoms in total. The van der Waals surface area contributed by atoms with Crippen molar-refractivity contribution < 1.29 is 13.9 Å². The molecule has 0 aliphatic rings. The fraction of sp³-hybridized carbons (Fsp3) is 0.300. The molecule has 0 aromatic carbocycles. The summed E-state index contributed by atoms with van der Waals surface area (Å²) in [7, 11) is 3.08. The molecule has 0 unspecified atom stereocenters. The number of hydrogen-bond donors (Lipinski definition) is 1. The van der Waals surface area contributed by atoms with Crippen LogP contribution in [0.3, 0.4) is 0 Å². The van der Waals surface area contributed by atoms with Crippen LogP contribution < -0.4 is 5.73 Å². The van der Waals surface area contributed by atoms with E-state index in [9.17, 15) is 4.79 Å². The van der Waals surface area contributed by atoms with Gasteiger partial charge < -0.3 is 14.9 Å². The molecule has 0 aliphatic carbocycles. The molecule has 2 rings (SSSR count). The van der Waals surface area contributed by atoms with Gasteiger partial charge in [0.15, 0.2) is 5.16 Å². The highest BCUT2D eigenvalue weighted by Gasteiger charge is 2.16. The molecule has 0 fully saturated rings. The van der Waals surface area contributed by atoms with E-state index in [1.165, 1.54) is 25.1 Å². The molecule has 0 aliphatic heterocycles. The van der Waals surface area contributed by atoms with Crippen LogP contribution in [-0.2, 0) is 17.5 Å². The summed E-state index contributed by atoms with van der Waals surface area (Å²) >= 11 is 1.41. The summed E-state index contributed by atoms with van der Waals surface area (Å²) in [4.78, 5) is 11.4. The van der Waals surface area contributed by atoms with Crippen LogP contribution in [0.2, 0.25) is 0 Å². The van der Waals surface area contributed by atoms with E-state index in [4.69, 9.17) is 10.2 Å². The van der Waals surface area contributed by atoms with Gasteiger partial charge >= 0.3 is 5.97 Å². The van der Waals surface area contributed by atoms with Crippen LogP contribution in [0.5, 0.6) is 0 Å². The third kappa shape index (κ3) is 2.33. The van der Waals surface area contributed by atoms with Crippen LogP contribution in [0, 0.1) is 0 Å². The molecule has 2 aromatic heterocycles. The molecule has 2 N–H and O–H groups in total. The number of carbonyl (C=O) groups excluding carboxylic acids is 1. The Kier molecular flexibility index (Phi) is 3.56. The van der Waals surface area contributed by atoms with E-state index in [2.05, 4.69) is 14.9 Å². The van der Waals surface area contributed by atoms with Gasteiger partial charge in [-0.05, 0) is 6.07 Å². The van der Waals surface area contributed by atoms with Crippen molar-refractivity contribution in [3.05, 3.63) is 23.7 Å². The zero-order chi connectivity index (χ0) is 13.1. The van der Waals surface area contributed by atoms with E-state index >= 15 is 0 Å². The Balaban J connectivity index is 2.09. The Morgan fingerprint density at radius 3 is 3.00 bits per heavy atom. The highest BCUT2D eigenvalue weighted by Crippen LogP contribution is 2.24. The van der Waals surface area contributed by atoms with E-state index in [1.807, 2.05) is 0 Å². The largest absolute Gasteiger partial charge is 0.463 e. The molecule has 0 radical (unpaired) electrons. The number of nitrogens with two attached hydrogens (primary N) is 1. The normalized spacial score (nSPS) is 10.6. The van der Waals surface area contributed by atoms with Crippen molar-refractivity contribution in [1.29, 1.82) is 0 Å². The number of aromatic nitrogens is 3. The van der Waals surface area contributed by atoms with Crippen LogP contribution in [0.25, 0.3) is 0 Å². The smallest absolute Gasteiger partial charge is 0.374 e. The topological polar surface area (TPSA) is 96.2 Å². The Hall–Kier alpha value is -1.96. The van der Waals surface area contributed by atoms with E-state index in [1.54, 1.807) is 17.7 Å². The minimum Gasteiger partial charge on any atom is -0.463 e. The third-order valence-electron chi connectivity index (χ3n) is 2.34. The second-order valence-corrected chi connectivity index (χ2v) is 4.40. The Morgan fingerprint density at radius 1 is 1.61 bits per heavy atom. The van der Waals surface area contributed by atoms with Crippen molar-refractivity contribution in [3.8, 4) is 0 Å². The monoisotopic (exact) mass is 268 g/mol. The summed E-state index contributed by atoms with van der Waals surface area (Å²) in [5, 5.41) is 8.33. The van der Waals surface area contributed by atoms with Crippen molar-refractivity contribution in [3.63, 3.8) is 0 Å². The van der Waals surface area contributed by atoms with Gasteiger partial charge in [-0.1, -0.05) is 11.8 Å². The fourth-order valence-corrected chi connectivity index (χ4v) is 2.21. The molecule has 18 heavy (non-hydrogen) atoms. The van der Waals surface area contributed by atoms with E-state index in [-0.39, 0.29) is 5.76 Å². The summed E-state index contributed by atoms with van der Waals surface area (Å²) in [6.07, 6.45) is 1.45. The van der Waals surface area contributed by atoms with Gasteiger partial charge in [0.1, 0.15) is 0 Å². The van der Waals surface area contributed by atoms with Gasteiger partial charge in [-0.2, -0.15) is 0 Å². The predicted octanol–water partition coefficient (Wildman–Crippen LogP) is 1.07. The Morgan fingerprint density at radius 2 is 2.39 bits per heavy atom. The van der Waals surface area contributed by atoms with Crippen LogP contribution in [0.4, 0.5) is 5.95 Å². The number of esters is 1. The van der Waals surface area contributed by atoms with Gasteiger partial charge in [0.2, 0.25) is 11.7 Å². The molecule has 0 spiro atoms. The molecule has 0 amide bonds. The average molecular weight is 268 g/mol. The van der Waals surface area contributed by atoms with Gasteiger partial charge in [-0.15, -0.1) is 10.2 Å². The van der Waals surface area contributed by atoms with Gasteiger partial charge in [-0.3, -0.25) is 4.57 Å². The lowest BCUT2D eigenvalue weighted by molar-refractivity contribution is 0.0564. The second kappa shape index (κ2) is 5.13. The molecule has 96 valence electrons. The molecule has 2 aromatic rings. The van der Waals surface area contributed by atoms with Gasteiger partial charge in [0.05, 0.1) is 13.4 Å². The first kappa shape index (κ1) is 12.5. The average Bonchev–Trinajstić information content (AvgIpc) is 2.95. The predicted molar refractivity (Wildman–Crippen MR) is 65.0 cm³/mol. The fourth-order valence-electron chi connectivity index (χ4n) is 1.32. The summed E-state index contributed by atoms with van der Waals surface area (Å²) in [5.74, 6) is 0.582. The number of ether oxygens (including phenoxy) is 1. The lowest BCUT2D eigenvalue weighted by Gasteiger charge is -2.01. The van der Waals surface area contributed by atoms with Crippen LogP contribution in [0.15, 0.2) is 21.9 Å². The molecule has 0 atom stereocenters. The maximum Gasteiger partial charge on any atom is 0.374 e. The van der Waals surface area contributed by atoms with Crippen molar-refractivity contribution >= 4 is 23.7 Å². The number of nitrogen functional groups attached to an aromatic ring is 1. The third-order valence-corrected chi connectivity index (χ3v) is 3.41. The zero-order valence-corrected chi connectivity index (χ0v) is 10.7. The highest BCUT2D eigenvalue weighted by atomic mass is 32.2. The van der Waals surface area contributed by atoms with Crippen molar-refractivity contribution in [2.45, 2.75) is 10.9 Å². The van der Waals surface area contributed by atoms with Gasteiger partial charge in [-0.25, -0.2) is 4.79 Å². The molecule has 8 heteroatoms. The minimum atomic E-state index is -0.493. The van der Waals surface area contributed by atoms with Gasteiger partial charge in [0, 0.05) is 18.4 Å². The van der Waals surface area contributed by atoms with E-state index < -0.39 is 5.97 Å². The lowest BCUT2D eigenvalue weighted by atomic mass is 10.3. The number of thioether (sulfide) groups is 1. The quantitative estimate of drug-likeness (QED) is 0.654. The standard InChI is InChI=1S/C10H12N4O3S/c1-14-9(11)12-13-10(14)18-5-6-3-4-17-7(6)8(15)16-2/h3-4H,5H2,1-2H3,(H2,11,12). The molecule has 0 saturated heterocycles. The number of hydrogen-bond acceptors (Lipinski definition) is 7. The number of anilines is 1. The van der Waals surface area contributed by atoms with Crippen molar-refractivity contribution in [2.24, 2.45) is 7.05 Å². The number of furan rings is 1. The number of methoxy groups -OCH3 is 1. The first-order chi connectivity index (χ1) is 8.63. The SMILES string of the molecule is COC(=O)c1occc1CSc1nnc(N)n1C. The lowest BCUT2D eigenvalue weighted by Crippen LogP contribution is -2.02. The maximum absolute atomic E-state index is 11.4. The number of rotatable bonds is 4. The summed E-state index contributed by atoms with van der Waals surface area (Å²) in [6, 6.07) is 1.72. The first-order valence-corrected chi connectivity index (χ1v) is 6.04. The summed E-state index contributed by atoms with van der Waals surface area (Å²) in [5.41, 5.74) is 6.32. The van der Waals surface area contributed by atoms with Crippen molar-refractivity contribution in [2.75, 3.05) is 12.8 Å².